The highest BCUT2D eigenvalue weighted by Crippen LogP contribution is 2.24. The molecule has 1 aliphatic heterocycles. The van der Waals surface area contributed by atoms with Gasteiger partial charge in [0.15, 0.2) is 5.13 Å². The molecule has 2 N–H and O–H groups in total. The van der Waals surface area contributed by atoms with E-state index in [1.54, 1.807) is 6.20 Å². The summed E-state index contributed by atoms with van der Waals surface area (Å²) in [6.45, 7) is 2.69. The zero-order valence-electron chi connectivity index (χ0n) is 14.0. The van der Waals surface area contributed by atoms with E-state index in [2.05, 4.69) is 15.0 Å². The van der Waals surface area contributed by atoms with Crippen molar-refractivity contribution in [3.05, 3.63) is 39.9 Å². The monoisotopic (exact) mass is 415 g/mol. The summed E-state index contributed by atoms with van der Waals surface area (Å²) in [5, 5.41) is 3.14. The third kappa shape index (κ3) is 4.60. The fourth-order valence-corrected chi connectivity index (χ4v) is 4.77. The summed E-state index contributed by atoms with van der Waals surface area (Å²) in [7, 11) is -3.86. The minimum atomic E-state index is -3.86. The molecule has 3 rings (SSSR count). The summed E-state index contributed by atoms with van der Waals surface area (Å²) in [5.74, 6) is -0.452. The Morgan fingerprint density at radius 3 is 2.92 bits per heavy atom. The maximum atomic E-state index is 12.6. The van der Waals surface area contributed by atoms with Crippen molar-refractivity contribution in [2.24, 2.45) is 0 Å². The van der Waals surface area contributed by atoms with E-state index in [0.29, 0.717) is 11.7 Å². The fourth-order valence-electron chi connectivity index (χ4n) is 2.52. The summed E-state index contributed by atoms with van der Waals surface area (Å²) >= 11 is 7.38. The molecule has 1 fully saturated rings. The summed E-state index contributed by atoms with van der Waals surface area (Å²) in [4.78, 5) is 17.2. The van der Waals surface area contributed by atoms with Gasteiger partial charge in [0, 0.05) is 29.8 Å². The number of hydrogen-bond acceptors (Lipinski definition) is 6. The maximum Gasteiger partial charge on any atom is 0.257 e. The lowest BCUT2D eigenvalue weighted by Crippen LogP contribution is -2.32. The van der Waals surface area contributed by atoms with Crippen LogP contribution in [0.15, 0.2) is 29.3 Å². The van der Waals surface area contributed by atoms with E-state index in [1.807, 2.05) is 6.92 Å². The van der Waals surface area contributed by atoms with Crippen LogP contribution in [-0.2, 0) is 14.8 Å². The van der Waals surface area contributed by atoms with Crippen molar-refractivity contribution in [3.63, 3.8) is 0 Å². The number of aryl methyl sites for hydroxylation is 1. The van der Waals surface area contributed by atoms with E-state index < -0.39 is 15.9 Å². The number of hydrogen-bond donors (Lipinski definition) is 2. The SMILES string of the molecule is Cc1cnc(NC(=O)c2ccc(Cl)c(S(=O)(=O)NCC3CCCO3)c2)s1. The molecule has 1 aromatic carbocycles. The van der Waals surface area contributed by atoms with Gasteiger partial charge in [-0.25, -0.2) is 18.1 Å². The van der Waals surface area contributed by atoms with Crippen molar-refractivity contribution in [2.75, 3.05) is 18.5 Å². The molecule has 2 heterocycles. The molecule has 7 nitrogen and oxygen atoms in total. The van der Waals surface area contributed by atoms with Crippen LogP contribution in [0, 0.1) is 6.92 Å². The molecule has 0 saturated carbocycles. The van der Waals surface area contributed by atoms with E-state index in [4.69, 9.17) is 16.3 Å². The van der Waals surface area contributed by atoms with Crippen LogP contribution in [0.4, 0.5) is 5.13 Å². The minimum absolute atomic E-state index is 0.0477. The molecule has 140 valence electrons. The third-order valence-corrected chi connectivity index (χ3v) is 6.58. The smallest absolute Gasteiger partial charge is 0.257 e. The van der Waals surface area contributed by atoms with Crippen molar-refractivity contribution < 1.29 is 17.9 Å². The largest absolute Gasteiger partial charge is 0.377 e. The number of anilines is 1. The lowest BCUT2D eigenvalue weighted by Gasteiger charge is -2.13. The number of ether oxygens (including phenoxy) is 1. The number of benzene rings is 1. The van der Waals surface area contributed by atoms with Gasteiger partial charge in [0.2, 0.25) is 10.0 Å². The normalized spacial score (nSPS) is 17.4. The Hall–Kier alpha value is -1.52. The minimum Gasteiger partial charge on any atom is -0.377 e. The molecule has 2 aromatic rings. The highest BCUT2D eigenvalue weighted by Gasteiger charge is 2.23. The molecule has 1 aliphatic rings. The number of halogens is 1. The number of thiazole rings is 1. The van der Waals surface area contributed by atoms with Gasteiger partial charge in [0.25, 0.3) is 5.91 Å². The molecule has 26 heavy (non-hydrogen) atoms. The molecule has 0 spiro atoms. The number of sulfonamides is 1. The molecule has 1 atom stereocenters. The second kappa shape index (κ2) is 8.01. The highest BCUT2D eigenvalue weighted by molar-refractivity contribution is 7.89. The molecule has 1 aromatic heterocycles. The predicted molar refractivity (Wildman–Crippen MR) is 100 cm³/mol. The lowest BCUT2D eigenvalue weighted by molar-refractivity contribution is 0.102. The Morgan fingerprint density at radius 1 is 1.46 bits per heavy atom. The van der Waals surface area contributed by atoms with Gasteiger partial charge < -0.3 is 4.74 Å². The molecule has 1 unspecified atom stereocenters. The third-order valence-electron chi connectivity index (χ3n) is 3.85. The zero-order chi connectivity index (χ0) is 18.7. The quantitative estimate of drug-likeness (QED) is 0.756. The Bertz CT molecular complexity index is 908. The molecular weight excluding hydrogens is 398 g/mol. The van der Waals surface area contributed by atoms with Gasteiger partial charge in [-0.3, -0.25) is 10.1 Å². The first-order valence-corrected chi connectivity index (χ1v) is 10.7. The van der Waals surface area contributed by atoms with Gasteiger partial charge in [-0.15, -0.1) is 11.3 Å². The predicted octanol–water partition coefficient (Wildman–Crippen LogP) is 2.81. The summed E-state index contributed by atoms with van der Waals surface area (Å²) in [5.41, 5.74) is 0.180. The lowest BCUT2D eigenvalue weighted by atomic mass is 10.2. The number of rotatable bonds is 6. The fraction of sp³-hybridized carbons (Fsp3) is 0.375. The van der Waals surface area contributed by atoms with Gasteiger partial charge in [-0.05, 0) is 38.0 Å². The maximum absolute atomic E-state index is 12.6. The zero-order valence-corrected chi connectivity index (χ0v) is 16.4. The summed E-state index contributed by atoms with van der Waals surface area (Å²) < 4.78 is 33.0. The molecule has 0 radical (unpaired) electrons. The first-order valence-electron chi connectivity index (χ1n) is 8.00. The van der Waals surface area contributed by atoms with E-state index in [-0.39, 0.29) is 28.1 Å². The van der Waals surface area contributed by atoms with Crippen LogP contribution in [0.2, 0.25) is 5.02 Å². The Labute approximate surface area is 160 Å². The number of carbonyl (C=O) groups excluding carboxylic acids is 1. The average molecular weight is 416 g/mol. The summed E-state index contributed by atoms with van der Waals surface area (Å²) in [6, 6.07) is 4.12. The van der Waals surface area contributed by atoms with Gasteiger partial charge in [-0.1, -0.05) is 11.6 Å². The Morgan fingerprint density at radius 2 is 2.27 bits per heavy atom. The second-order valence-corrected chi connectivity index (χ2v) is 9.24. The second-order valence-electron chi connectivity index (χ2n) is 5.86. The van der Waals surface area contributed by atoms with E-state index in [1.165, 1.54) is 29.5 Å². The number of aromatic nitrogens is 1. The average Bonchev–Trinajstić information content (AvgIpc) is 3.25. The molecular formula is C16H18ClN3O4S2. The van der Waals surface area contributed by atoms with Crippen LogP contribution >= 0.6 is 22.9 Å². The highest BCUT2D eigenvalue weighted by atomic mass is 35.5. The standard InChI is InChI=1S/C16H18ClN3O4S2/c1-10-8-18-16(25-10)20-15(21)11-4-5-13(17)14(7-11)26(22,23)19-9-12-3-2-6-24-12/h4-5,7-8,12,19H,2-3,6,9H2,1H3,(H,18,20,21). The van der Waals surface area contributed by atoms with Gasteiger partial charge in [0.05, 0.1) is 11.1 Å². The van der Waals surface area contributed by atoms with Crippen molar-refractivity contribution in [1.29, 1.82) is 0 Å². The van der Waals surface area contributed by atoms with Crippen LogP contribution in [0.25, 0.3) is 0 Å². The van der Waals surface area contributed by atoms with E-state index in [0.717, 1.165) is 17.7 Å². The number of carbonyl (C=O) groups is 1. The first-order chi connectivity index (χ1) is 12.3. The molecule has 0 bridgehead atoms. The Balaban J connectivity index is 1.76. The molecule has 0 aliphatic carbocycles. The van der Waals surface area contributed by atoms with Gasteiger partial charge in [-0.2, -0.15) is 0 Å². The van der Waals surface area contributed by atoms with Gasteiger partial charge in [0.1, 0.15) is 4.90 Å². The molecule has 10 heteroatoms. The summed E-state index contributed by atoms with van der Waals surface area (Å²) in [6.07, 6.45) is 3.24. The number of amides is 1. The van der Waals surface area contributed by atoms with Crippen molar-refractivity contribution in [1.82, 2.24) is 9.71 Å². The van der Waals surface area contributed by atoms with Crippen molar-refractivity contribution >= 4 is 44.0 Å². The van der Waals surface area contributed by atoms with Crippen LogP contribution in [0.5, 0.6) is 0 Å². The Kier molecular flexibility index (Phi) is 5.93. The van der Waals surface area contributed by atoms with E-state index >= 15 is 0 Å². The number of nitrogens with zero attached hydrogens (tertiary/aromatic N) is 1. The topological polar surface area (TPSA) is 97.4 Å². The van der Waals surface area contributed by atoms with Crippen LogP contribution in [0.3, 0.4) is 0 Å². The first kappa shape index (κ1) is 19.2. The number of nitrogens with one attached hydrogen (secondary N) is 2. The van der Waals surface area contributed by atoms with Crippen molar-refractivity contribution in [3.8, 4) is 0 Å². The molecule has 1 amide bonds. The molecule has 1 saturated heterocycles. The van der Waals surface area contributed by atoms with Crippen molar-refractivity contribution in [2.45, 2.75) is 30.8 Å². The van der Waals surface area contributed by atoms with Crippen LogP contribution in [0.1, 0.15) is 28.1 Å². The van der Waals surface area contributed by atoms with Crippen LogP contribution in [-0.4, -0.2) is 38.6 Å². The van der Waals surface area contributed by atoms with E-state index in [9.17, 15) is 13.2 Å². The van der Waals surface area contributed by atoms with Gasteiger partial charge >= 0.3 is 0 Å². The van der Waals surface area contributed by atoms with Crippen LogP contribution < -0.4 is 10.0 Å².